The van der Waals surface area contributed by atoms with Gasteiger partial charge >= 0.3 is 6.03 Å². The number of para-hydroxylation sites is 1. The van der Waals surface area contributed by atoms with Gasteiger partial charge in [0.05, 0.1) is 5.69 Å². The van der Waals surface area contributed by atoms with Gasteiger partial charge in [-0.1, -0.05) is 18.2 Å². The predicted molar refractivity (Wildman–Crippen MR) is 98.0 cm³/mol. The van der Waals surface area contributed by atoms with Crippen LogP contribution in [0, 0.1) is 0 Å². The van der Waals surface area contributed by atoms with Crippen molar-refractivity contribution in [3.8, 4) is 5.69 Å². The SMILES string of the molecule is CN(C)C(=O)/N=c1\ss/c(=N\C(=S)N(C)C)n1-c1ccccc1. The largest absolute Gasteiger partial charge is 0.353 e. The van der Waals surface area contributed by atoms with E-state index >= 15 is 0 Å². The van der Waals surface area contributed by atoms with Gasteiger partial charge in [-0.2, -0.15) is 9.98 Å². The summed E-state index contributed by atoms with van der Waals surface area (Å²) in [5.74, 6) is 0. The van der Waals surface area contributed by atoms with Crippen molar-refractivity contribution in [2.75, 3.05) is 28.2 Å². The Hall–Kier alpha value is -1.84. The molecule has 0 aliphatic carbocycles. The first-order chi connectivity index (χ1) is 10.9. The fourth-order valence-electron chi connectivity index (χ4n) is 1.53. The zero-order chi connectivity index (χ0) is 17.0. The first kappa shape index (κ1) is 17.5. The summed E-state index contributed by atoms with van der Waals surface area (Å²) in [5, 5.41) is 0.467. The third-order valence-corrected chi connectivity index (χ3v) is 5.27. The number of carbonyl (C=O) groups excluding carboxylic acids is 1. The molecule has 0 bridgehead atoms. The second-order valence-corrected chi connectivity index (χ2v) is 7.41. The molecule has 23 heavy (non-hydrogen) atoms. The predicted octanol–water partition coefficient (Wildman–Crippen LogP) is 1.93. The van der Waals surface area contributed by atoms with E-state index in [1.807, 2.05) is 49.0 Å². The van der Waals surface area contributed by atoms with Gasteiger partial charge in [0.25, 0.3) is 0 Å². The van der Waals surface area contributed by atoms with Crippen molar-refractivity contribution in [1.29, 1.82) is 0 Å². The van der Waals surface area contributed by atoms with E-state index in [-0.39, 0.29) is 6.03 Å². The molecule has 0 fully saturated rings. The molecule has 2 aromatic rings. The smallest absolute Gasteiger partial charge is 0.345 e. The van der Waals surface area contributed by atoms with Crippen molar-refractivity contribution < 1.29 is 4.79 Å². The summed E-state index contributed by atoms with van der Waals surface area (Å²) in [4.78, 5) is 25.0. The maximum atomic E-state index is 11.9. The molecule has 0 unspecified atom stereocenters. The van der Waals surface area contributed by atoms with Gasteiger partial charge < -0.3 is 9.80 Å². The van der Waals surface area contributed by atoms with E-state index in [1.54, 1.807) is 19.0 Å². The van der Waals surface area contributed by atoms with Gasteiger partial charge in [0.2, 0.25) is 9.60 Å². The molecule has 1 heterocycles. The average Bonchev–Trinajstić information content (AvgIpc) is 2.90. The van der Waals surface area contributed by atoms with Gasteiger partial charge in [0.1, 0.15) is 0 Å². The van der Waals surface area contributed by atoms with Crippen molar-refractivity contribution in [2.45, 2.75) is 0 Å². The first-order valence-corrected chi connectivity index (χ1v) is 9.25. The highest BCUT2D eigenvalue weighted by molar-refractivity contribution is 7.80. The Kier molecular flexibility index (Phi) is 5.80. The monoisotopic (exact) mass is 367 g/mol. The van der Waals surface area contributed by atoms with E-state index in [4.69, 9.17) is 12.2 Å². The lowest BCUT2D eigenvalue weighted by atomic mass is 10.3. The molecule has 9 heteroatoms. The molecular weight excluding hydrogens is 350 g/mol. The minimum Gasteiger partial charge on any atom is -0.353 e. The number of amides is 2. The van der Waals surface area contributed by atoms with Crippen molar-refractivity contribution in [3.05, 3.63) is 39.9 Å². The molecule has 0 aliphatic heterocycles. The molecule has 1 aromatic carbocycles. The van der Waals surface area contributed by atoms with E-state index in [1.165, 1.54) is 25.6 Å². The summed E-state index contributed by atoms with van der Waals surface area (Å²) in [5.41, 5.74) is 0.885. The molecule has 0 aliphatic rings. The maximum absolute atomic E-state index is 11.9. The third kappa shape index (κ3) is 4.34. The van der Waals surface area contributed by atoms with Crippen LogP contribution in [-0.2, 0) is 0 Å². The van der Waals surface area contributed by atoms with Crippen LogP contribution in [0.25, 0.3) is 5.69 Å². The summed E-state index contributed by atoms with van der Waals surface area (Å²) in [6.45, 7) is 0. The molecule has 0 saturated carbocycles. The summed E-state index contributed by atoms with van der Waals surface area (Å²) in [7, 11) is 9.84. The van der Waals surface area contributed by atoms with E-state index < -0.39 is 0 Å². The molecule has 1 aromatic heterocycles. The quantitative estimate of drug-likeness (QED) is 0.572. The Morgan fingerprint density at radius 2 is 1.57 bits per heavy atom. The zero-order valence-corrected chi connectivity index (χ0v) is 15.7. The van der Waals surface area contributed by atoms with Crippen LogP contribution < -0.4 is 9.60 Å². The molecule has 122 valence electrons. The zero-order valence-electron chi connectivity index (χ0n) is 13.3. The number of hydrogen-bond acceptors (Lipinski definition) is 4. The van der Waals surface area contributed by atoms with Gasteiger partial charge in [-0.3, -0.25) is 4.57 Å². The van der Waals surface area contributed by atoms with Crippen LogP contribution in [0.4, 0.5) is 4.79 Å². The van der Waals surface area contributed by atoms with Crippen LogP contribution in [0.3, 0.4) is 0 Å². The standard InChI is InChI=1S/C14H17N5OS3/c1-17(2)11(20)15-13-19(10-8-6-5-7-9-10)14(23-22-13)16-12(21)18(3)4/h5-9H,1-4H3/b15-13-,16-14-. The van der Waals surface area contributed by atoms with Crippen LogP contribution in [0.2, 0.25) is 0 Å². The second kappa shape index (κ2) is 7.62. The maximum Gasteiger partial charge on any atom is 0.345 e. The van der Waals surface area contributed by atoms with Gasteiger partial charge in [0.15, 0.2) is 5.11 Å². The minimum atomic E-state index is -0.314. The summed E-state index contributed by atoms with van der Waals surface area (Å²) < 4.78 is 1.84. The number of thiocarbonyl (C=S) groups is 1. The molecule has 2 amide bonds. The number of benzene rings is 1. The first-order valence-electron chi connectivity index (χ1n) is 6.70. The normalized spacial score (nSPS) is 12.3. The fraction of sp³-hybridized carbons (Fsp3) is 0.286. The average molecular weight is 368 g/mol. The third-order valence-electron chi connectivity index (χ3n) is 2.74. The molecule has 6 nitrogen and oxygen atoms in total. The van der Waals surface area contributed by atoms with E-state index in [2.05, 4.69) is 9.98 Å². The molecule has 0 atom stereocenters. The number of carbonyl (C=O) groups is 1. The van der Waals surface area contributed by atoms with Crippen molar-refractivity contribution >= 4 is 44.0 Å². The van der Waals surface area contributed by atoms with Crippen LogP contribution >= 0.6 is 32.9 Å². The summed E-state index contributed by atoms with van der Waals surface area (Å²) >= 11 is 5.26. The molecule has 0 radical (unpaired) electrons. The fourth-order valence-corrected chi connectivity index (χ4v) is 3.77. The lowest BCUT2D eigenvalue weighted by Gasteiger charge is -2.08. The number of aromatic nitrogens is 1. The topological polar surface area (TPSA) is 53.2 Å². The molecular formula is C14H17N5OS3. The number of nitrogens with zero attached hydrogens (tertiary/aromatic N) is 5. The Bertz CT molecular complexity index is 780. The van der Waals surface area contributed by atoms with Crippen LogP contribution in [-0.4, -0.2) is 53.7 Å². The van der Waals surface area contributed by atoms with Gasteiger partial charge in [-0.15, -0.1) is 0 Å². The van der Waals surface area contributed by atoms with Gasteiger partial charge in [-0.25, -0.2) is 4.79 Å². The van der Waals surface area contributed by atoms with Gasteiger partial charge in [0, 0.05) is 28.2 Å². The van der Waals surface area contributed by atoms with E-state index in [9.17, 15) is 4.79 Å². The lowest BCUT2D eigenvalue weighted by molar-refractivity contribution is 0.226. The molecule has 0 N–H and O–H groups in total. The van der Waals surface area contributed by atoms with E-state index in [0.29, 0.717) is 14.7 Å². The summed E-state index contributed by atoms with van der Waals surface area (Å²) in [6.07, 6.45) is 0. The van der Waals surface area contributed by atoms with Crippen molar-refractivity contribution in [3.63, 3.8) is 0 Å². The van der Waals surface area contributed by atoms with Gasteiger partial charge in [-0.05, 0) is 45.0 Å². The lowest BCUT2D eigenvalue weighted by Crippen LogP contribution is -2.29. The highest BCUT2D eigenvalue weighted by Crippen LogP contribution is 2.05. The molecule has 0 saturated heterocycles. The second-order valence-electron chi connectivity index (χ2n) is 4.98. The Labute approximate surface area is 147 Å². The highest BCUT2D eigenvalue weighted by atomic mass is 32.9. The van der Waals surface area contributed by atoms with Crippen molar-refractivity contribution in [1.82, 2.24) is 14.4 Å². The van der Waals surface area contributed by atoms with Crippen molar-refractivity contribution in [2.24, 2.45) is 9.98 Å². The number of hydrogen-bond donors (Lipinski definition) is 0. The Balaban J connectivity index is 2.70. The van der Waals surface area contributed by atoms with Crippen LogP contribution in [0.5, 0.6) is 0 Å². The Morgan fingerprint density at radius 1 is 1.00 bits per heavy atom. The molecule has 2 rings (SSSR count). The number of urea groups is 1. The minimum absolute atomic E-state index is 0.314. The van der Waals surface area contributed by atoms with E-state index in [0.717, 1.165) is 5.69 Å². The number of rotatable bonds is 1. The van der Waals surface area contributed by atoms with Crippen LogP contribution in [0.15, 0.2) is 40.3 Å². The Morgan fingerprint density at radius 3 is 2.09 bits per heavy atom. The molecule has 0 spiro atoms. The highest BCUT2D eigenvalue weighted by Gasteiger charge is 2.08. The summed E-state index contributed by atoms with van der Waals surface area (Å²) in [6, 6.07) is 9.35. The van der Waals surface area contributed by atoms with Crippen LogP contribution in [0.1, 0.15) is 0 Å².